The molecule has 94 valence electrons. The van der Waals surface area contributed by atoms with Crippen molar-refractivity contribution in [2.24, 2.45) is 5.92 Å². The van der Waals surface area contributed by atoms with Gasteiger partial charge in [0.1, 0.15) is 0 Å². The van der Waals surface area contributed by atoms with Gasteiger partial charge in [0.25, 0.3) is 0 Å². The molecule has 0 amide bonds. The third-order valence-electron chi connectivity index (χ3n) is 2.30. The van der Waals surface area contributed by atoms with E-state index in [2.05, 4.69) is 0 Å². The Morgan fingerprint density at radius 1 is 1.25 bits per heavy atom. The van der Waals surface area contributed by atoms with E-state index in [1.54, 1.807) is 20.8 Å². The molecule has 0 spiro atoms. The van der Waals surface area contributed by atoms with E-state index in [1.165, 1.54) is 0 Å². The third-order valence-corrected chi connectivity index (χ3v) is 2.30. The molecule has 0 fully saturated rings. The van der Waals surface area contributed by atoms with Crippen molar-refractivity contribution in [1.29, 1.82) is 0 Å². The molecule has 4 nitrogen and oxygen atoms in total. The van der Waals surface area contributed by atoms with Crippen LogP contribution in [0.15, 0.2) is 0 Å². The van der Waals surface area contributed by atoms with Gasteiger partial charge in [-0.25, -0.2) is 4.79 Å². The van der Waals surface area contributed by atoms with Crippen molar-refractivity contribution in [3.63, 3.8) is 0 Å². The van der Waals surface area contributed by atoms with Gasteiger partial charge in [-0.15, -0.1) is 0 Å². The van der Waals surface area contributed by atoms with Crippen LogP contribution in [0.5, 0.6) is 0 Å². The Hall–Kier alpha value is -1.06. The molecule has 0 radical (unpaired) electrons. The van der Waals surface area contributed by atoms with E-state index >= 15 is 0 Å². The molecule has 0 saturated heterocycles. The summed E-state index contributed by atoms with van der Waals surface area (Å²) in [5, 5.41) is 0. The number of hydrogen-bond acceptors (Lipinski definition) is 4. The second kappa shape index (κ2) is 6.51. The minimum absolute atomic E-state index is 0.218. The fourth-order valence-electron chi connectivity index (χ4n) is 1.17. The molecule has 0 aliphatic rings. The molecular formula is C12H22O4. The maximum absolute atomic E-state index is 11.6. The number of ether oxygens (including phenoxy) is 2. The highest BCUT2D eigenvalue weighted by Gasteiger charge is 2.37. The highest BCUT2D eigenvalue weighted by Crippen LogP contribution is 2.19. The molecule has 0 heterocycles. The van der Waals surface area contributed by atoms with Crippen LogP contribution in [0.2, 0.25) is 0 Å². The standard InChI is InChI=1S/C12H22O4/c1-6-12(5,11(14)15-7-2)16-10(13)8-9(3)4/h9H,6-8H2,1-5H3. The zero-order chi connectivity index (χ0) is 12.8. The number of rotatable bonds is 6. The Labute approximate surface area is 97.3 Å². The molecule has 0 saturated carbocycles. The van der Waals surface area contributed by atoms with Crippen LogP contribution in [0, 0.1) is 5.92 Å². The minimum atomic E-state index is -1.15. The van der Waals surface area contributed by atoms with Gasteiger partial charge in [0, 0.05) is 6.42 Å². The Bertz CT molecular complexity index is 247. The van der Waals surface area contributed by atoms with Gasteiger partial charge in [0.2, 0.25) is 5.60 Å². The number of hydrogen-bond donors (Lipinski definition) is 0. The van der Waals surface area contributed by atoms with E-state index < -0.39 is 11.6 Å². The molecule has 0 rings (SSSR count). The summed E-state index contributed by atoms with van der Waals surface area (Å²) in [6.45, 7) is 9.24. The summed E-state index contributed by atoms with van der Waals surface area (Å²) in [5.74, 6) is -0.613. The van der Waals surface area contributed by atoms with E-state index in [1.807, 2.05) is 13.8 Å². The predicted octanol–water partition coefficient (Wildman–Crippen LogP) is 2.31. The fourth-order valence-corrected chi connectivity index (χ4v) is 1.17. The predicted molar refractivity (Wildman–Crippen MR) is 60.9 cm³/mol. The maximum atomic E-state index is 11.6. The van der Waals surface area contributed by atoms with Crippen molar-refractivity contribution in [3.05, 3.63) is 0 Å². The lowest BCUT2D eigenvalue weighted by molar-refractivity contribution is -0.181. The lowest BCUT2D eigenvalue weighted by Crippen LogP contribution is -2.41. The highest BCUT2D eigenvalue weighted by molar-refractivity contribution is 5.83. The normalized spacial score (nSPS) is 14.4. The molecule has 0 N–H and O–H groups in total. The van der Waals surface area contributed by atoms with Crippen molar-refractivity contribution in [2.45, 2.75) is 53.1 Å². The van der Waals surface area contributed by atoms with Crippen LogP contribution in [-0.2, 0) is 19.1 Å². The topological polar surface area (TPSA) is 52.6 Å². The Morgan fingerprint density at radius 2 is 1.81 bits per heavy atom. The van der Waals surface area contributed by atoms with Crippen LogP contribution < -0.4 is 0 Å². The SMILES string of the molecule is CCOC(=O)C(C)(CC)OC(=O)CC(C)C. The lowest BCUT2D eigenvalue weighted by atomic mass is 10.0. The smallest absolute Gasteiger partial charge is 0.350 e. The molecule has 0 aliphatic carbocycles. The molecule has 0 aromatic heterocycles. The average Bonchev–Trinajstić information content (AvgIpc) is 2.16. The number of carbonyl (C=O) groups excluding carboxylic acids is 2. The zero-order valence-electron chi connectivity index (χ0n) is 10.8. The van der Waals surface area contributed by atoms with Crippen LogP contribution >= 0.6 is 0 Å². The van der Waals surface area contributed by atoms with Crippen molar-refractivity contribution in [1.82, 2.24) is 0 Å². The summed E-state index contributed by atoms with van der Waals surface area (Å²) in [6.07, 6.45) is 0.727. The first-order valence-corrected chi connectivity index (χ1v) is 5.74. The van der Waals surface area contributed by atoms with Crippen molar-refractivity contribution >= 4 is 11.9 Å². The second-order valence-corrected chi connectivity index (χ2v) is 4.38. The summed E-state index contributed by atoms with van der Waals surface area (Å²) >= 11 is 0. The summed E-state index contributed by atoms with van der Waals surface area (Å²) in [5.41, 5.74) is -1.15. The number of esters is 2. The monoisotopic (exact) mass is 230 g/mol. The van der Waals surface area contributed by atoms with E-state index in [0.29, 0.717) is 12.8 Å². The third kappa shape index (κ3) is 4.64. The molecule has 0 aliphatic heterocycles. The molecule has 1 atom stereocenters. The van der Waals surface area contributed by atoms with Crippen molar-refractivity contribution in [2.75, 3.05) is 6.61 Å². The molecule has 1 unspecified atom stereocenters. The summed E-state index contributed by atoms with van der Waals surface area (Å²) < 4.78 is 10.1. The van der Waals surface area contributed by atoms with Crippen LogP contribution in [0.3, 0.4) is 0 Å². The molecule has 4 heteroatoms. The Balaban J connectivity index is 4.47. The fraction of sp³-hybridized carbons (Fsp3) is 0.833. The Morgan fingerprint density at radius 3 is 2.19 bits per heavy atom. The van der Waals surface area contributed by atoms with E-state index in [4.69, 9.17) is 9.47 Å². The summed E-state index contributed by atoms with van der Waals surface area (Å²) in [7, 11) is 0. The van der Waals surface area contributed by atoms with Crippen molar-refractivity contribution < 1.29 is 19.1 Å². The van der Waals surface area contributed by atoms with Gasteiger partial charge in [-0.1, -0.05) is 20.8 Å². The van der Waals surface area contributed by atoms with Gasteiger partial charge in [0.15, 0.2) is 0 Å². The highest BCUT2D eigenvalue weighted by atomic mass is 16.6. The molecule has 0 aromatic rings. The van der Waals surface area contributed by atoms with Crippen LogP contribution in [0.4, 0.5) is 0 Å². The largest absolute Gasteiger partial charge is 0.463 e. The lowest BCUT2D eigenvalue weighted by Gasteiger charge is -2.26. The van der Waals surface area contributed by atoms with Crippen molar-refractivity contribution in [3.8, 4) is 0 Å². The average molecular weight is 230 g/mol. The molecule has 16 heavy (non-hydrogen) atoms. The van der Waals surface area contributed by atoms with Gasteiger partial charge in [-0.2, -0.15) is 0 Å². The van der Waals surface area contributed by atoms with Crippen LogP contribution in [0.1, 0.15) is 47.5 Å². The van der Waals surface area contributed by atoms with Gasteiger partial charge >= 0.3 is 11.9 Å². The second-order valence-electron chi connectivity index (χ2n) is 4.38. The first-order chi connectivity index (χ1) is 7.35. The summed E-state index contributed by atoms with van der Waals surface area (Å²) in [6, 6.07) is 0. The summed E-state index contributed by atoms with van der Waals surface area (Å²) in [4.78, 5) is 23.1. The minimum Gasteiger partial charge on any atom is -0.463 e. The van der Waals surface area contributed by atoms with E-state index in [-0.39, 0.29) is 18.5 Å². The zero-order valence-corrected chi connectivity index (χ0v) is 10.8. The van der Waals surface area contributed by atoms with E-state index in [9.17, 15) is 9.59 Å². The van der Waals surface area contributed by atoms with Crippen LogP contribution in [0.25, 0.3) is 0 Å². The Kier molecular flexibility index (Phi) is 6.08. The maximum Gasteiger partial charge on any atom is 0.350 e. The van der Waals surface area contributed by atoms with Gasteiger partial charge in [-0.3, -0.25) is 4.79 Å². The quantitative estimate of drug-likeness (QED) is 0.657. The van der Waals surface area contributed by atoms with Crippen LogP contribution in [-0.4, -0.2) is 24.1 Å². The first-order valence-electron chi connectivity index (χ1n) is 5.74. The molecule has 0 bridgehead atoms. The van der Waals surface area contributed by atoms with Gasteiger partial charge in [-0.05, 0) is 26.2 Å². The molecule has 0 aromatic carbocycles. The first kappa shape index (κ1) is 14.9. The van der Waals surface area contributed by atoms with E-state index in [0.717, 1.165) is 0 Å². The molecular weight excluding hydrogens is 208 g/mol. The number of carbonyl (C=O) groups is 2. The van der Waals surface area contributed by atoms with Gasteiger partial charge in [0.05, 0.1) is 6.61 Å². The van der Waals surface area contributed by atoms with Gasteiger partial charge < -0.3 is 9.47 Å².